The molecule has 0 amide bonds. The zero-order chi connectivity index (χ0) is 34.1. The second kappa shape index (κ2) is 11.9. The summed E-state index contributed by atoms with van der Waals surface area (Å²) in [6.07, 6.45) is -11.1. The Bertz CT molecular complexity index is 2060. The van der Waals surface area contributed by atoms with Gasteiger partial charge in [-0.3, -0.25) is 0 Å². The Hall–Kier alpha value is -6.54. The van der Waals surface area contributed by atoms with Gasteiger partial charge in [0.2, 0.25) is 33.4 Å². The second-order valence-corrected chi connectivity index (χ2v) is 8.22. The van der Waals surface area contributed by atoms with Crippen molar-refractivity contribution in [1.82, 2.24) is 9.97 Å². The van der Waals surface area contributed by atoms with Crippen molar-refractivity contribution in [2.24, 2.45) is 0 Å². The Balaban J connectivity index is 2.22. The predicted molar refractivity (Wildman–Crippen MR) is 123 cm³/mol. The van der Waals surface area contributed by atoms with Crippen LogP contribution in [0.1, 0.15) is 0 Å². The molecule has 0 aliphatic carbocycles. The predicted octanol–water partition coefficient (Wildman–Crippen LogP) is 5.03. The summed E-state index contributed by atoms with van der Waals surface area (Å²) in [6, 6.07) is 6.37. The Morgan fingerprint density at radius 3 is 1.09 bits per heavy atom. The van der Waals surface area contributed by atoms with E-state index in [1.807, 2.05) is 0 Å². The molecule has 0 saturated heterocycles. The van der Waals surface area contributed by atoms with E-state index in [2.05, 4.69) is 19.4 Å². The van der Waals surface area contributed by atoms with Gasteiger partial charge in [0.05, 0.1) is 0 Å². The van der Waals surface area contributed by atoms with Gasteiger partial charge in [0.25, 0.3) is 0 Å². The van der Waals surface area contributed by atoms with Gasteiger partial charge in [-0.1, -0.05) is 0 Å². The van der Waals surface area contributed by atoms with Gasteiger partial charge in [-0.05, 0) is 24.3 Å². The Morgan fingerprint density at radius 2 is 0.848 bits per heavy atom. The van der Waals surface area contributed by atoms with Gasteiger partial charge in [0, 0.05) is 11.1 Å². The smallest absolute Gasteiger partial charge is 0.431 e. The van der Waals surface area contributed by atoms with Crippen molar-refractivity contribution in [2.75, 3.05) is 0 Å². The van der Waals surface area contributed by atoms with Crippen molar-refractivity contribution in [3.05, 3.63) is 69.5 Å². The first-order chi connectivity index (χ1) is 21.5. The van der Waals surface area contributed by atoms with E-state index in [4.69, 9.17) is 8.83 Å². The molecule has 0 radical (unpaired) electrons. The van der Waals surface area contributed by atoms with E-state index >= 15 is 0 Å². The van der Waals surface area contributed by atoms with Crippen LogP contribution in [0.2, 0.25) is 0 Å². The molecule has 0 saturated carbocycles. The summed E-state index contributed by atoms with van der Waals surface area (Å²) >= 11 is 0. The maximum Gasteiger partial charge on any atom is 0.573 e. The highest BCUT2D eigenvalue weighted by Gasteiger charge is 2.35. The van der Waals surface area contributed by atoms with E-state index in [0.29, 0.717) is 0 Å². The molecule has 2 heterocycles. The number of aromatic nitrogens is 2. The number of benzene rings is 2. The standard InChI is InChI=1S/C26H4F10N6O4/c27-13-1-9(2-14(28)19(13)45-25(31,32)33)17-21(43-23(41-17)11(5-37)6-38)22-18(42-24(44-22)12(7-39)8-40)10-3-15(29)20(16(30)4-10)46-26(34,35)36/h1-4H/b22-21+. The maximum atomic E-state index is 14.6. The first-order valence-electron chi connectivity index (χ1n) is 11.4. The van der Waals surface area contributed by atoms with Crippen LogP contribution in [0.25, 0.3) is 33.7 Å². The largest absolute Gasteiger partial charge is 0.573 e. The van der Waals surface area contributed by atoms with Crippen LogP contribution in [0.4, 0.5) is 43.9 Å². The summed E-state index contributed by atoms with van der Waals surface area (Å²) in [7, 11) is 0. The molecule has 0 atom stereocenters. The average Bonchev–Trinajstić information content (AvgIpc) is 3.58. The number of alkyl halides is 6. The number of ether oxygens (including phenoxy) is 2. The third-order valence-electron chi connectivity index (χ3n) is 5.31. The quantitative estimate of drug-likeness (QED) is 0.273. The van der Waals surface area contributed by atoms with Crippen LogP contribution < -0.4 is 20.6 Å². The fraction of sp³-hybridized carbons (Fsp3) is 0.0769. The molecule has 0 aliphatic heterocycles. The molecule has 0 unspecified atom stereocenters. The Kier molecular flexibility index (Phi) is 8.35. The van der Waals surface area contributed by atoms with E-state index in [9.17, 15) is 65.0 Å². The summed E-state index contributed by atoms with van der Waals surface area (Å²) in [5, 5.41) is 37.0. The molecule has 4 aromatic rings. The molecular weight excluding hydrogens is 650 g/mol. The van der Waals surface area contributed by atoms with Gasteiger partial charge in [-0.2, -0.15) is 21.0 Å². The summed E-state index contributed by atoms with van der Waals surface area (Å²) in [5.41, 5.74) is -8.69. The van der Waals surface area contributed by atoms with E-state index in [1.165, 1.54) is 24.3 Å². The van der Waals surface area contributed by atoms with Crippen LogP contribution in [-0.4, -0.2) is 22.7 Å². The van der Waals surface area contributed by atoms with E-state index < -0.39 is 103 Å². The molecule has 2 aromatic carbocycles. The highest BCUT2D eigenvalue weighted by Crippen LogP contribution is 2.35. The van der Waals surface area contributed by atoms with E-state index in [-0.39, 0.29) is 24.3 Å². The minimum Gasteiger partial charge on any atom is -0.431 e. The average molecular weight is 654 g/mol. The molecule has 4 rings (SSSR count). The van der Waals surface area contributed by atoms with Crippen molar-refractivity contribution < 1.29 is 62.2 Å². The lowest BCUT2D eigenvalue weighted by molar-refractivity contribution is -0.277. The van der Waals surface area contributed by atoms with Crippen LogP contribution in [0.15, 0.2) is 33.1 Å². The molecule has 0 bridgehead atoms. The van der Waals surface area contributed by atoms with Crippen LogP contribution in [0.3, 0.4) is 0 Å². The lowest BCUT2D eigenvalue weighted by Crippen LogP contribution is -2.19. The fourth-order valence-electron chi connectivity index (χ4n) is 3.61. The molecule has 232 valence electrons. The Labute approximate surface area is 245 Å². The van der Waals surface area contributed by atoms with Crippen LogP contribution >= 0.6 is 0 Å². The minimum absolute atomic E-state index is 0.232. The fourth-order valence-corrected chi connectivity index (χ4v) is 3.61. The molecule has 0 N–H and O–H groups in total. The number of hydrogen-bond acceptors (Lipinski definition) is 10. The zero-order valence-electron chi connectivity index (χ0n) is 21.4. The first kappa shape index (κ1) is 32.4. The minimum atomic E-state index is -5.54. The van der Waals surface area contributed by atoms with Crippen LogP contribution in [-0.2, 0) is 0 Å². The molecule has 10 nitrogen and oxygen atoms in total. The van der Waals surface area contributed by atoms with Gasteiger partial charge >= 0.3 is 12.7 Å². The highest BCUT2D eigenvalue weighted by atomic mass is 19.4. The summed E-state index contributed by atoms with van der Waals surface area (Å²) in [5.74, 6) is -11.6. The van der Waals surface area contributed by atoms with Crippen LogP contribution in [0, 0.1) is 79.4 Å². The lowest BCUT2D eigenvalue weighted by atomic mass is 10.1. The summed E-state index contributed by atoms with van der Waals surface area (Å²) < 4.78 is 152. The van der Waals surface area contributed by atoms with Crippen LogP contribution in [0.5, 0.6) is 11.5 Å². The monoisotopic (exact) mass is 654 g/mol. The zero-order valence-corrected chi connectivity index (χ0v) is 21.4. The number of nitriles is 4. The van der Waals surface area contributed by atoms with E-state index in [0.717, 1.165) is 0 Å². The van der Waals surface area contributed by atoms with Crippen molar-refractivity contribution in [1.29, 1.82) is 21.0 Å². The van der Waals surface area contributed by atoms with Gasteiger partial charge in [-0.25, -0.2) is 27.5 Å². The number of nitrogens with zero attached hydrogens (tertiary/aromatic N) is 6. The molecule has 2 aromatic heterocycles. The van der Waals surface area contributed by atoms with Gasteiger partial charge in [0.15, 0.2) is 34.4 Å². The molecule has 0 aliphatic rings. The second-order valence-electron chi connectivity index (χ2n) is 8.22. The molecule has 0 fully saturated rings. The van der Waals surface area contributed by atoms with Crippen molar-refractivity contribution >= 4 is 11.1 Å². The molecular formula is C26H4F10N6O4. The summed E-state index contributed by atoms with van der Waals surface area (Å²) in [4.78, 5) is 7.48. The van der Waals surface area contributed by atoms with Gasteiger partial charge in [0.1, 0.15) is 35.7 Å². The Morgan fingerprint density at radius 1 is 0.565 bits per heavy atom. The third-order valence-corrected chi connectivity index (χ3v) is 5.31. The summed E-state index contributed by atoms with van der Waals surface area (Å²) in [6.45, 7) is 0. The van der Waals surface area contributed by atoms with Crippen molar-refractivity contribution in [2.45, 2.75) is 12.7 Å². The lowest BCUT2D eigenvalue weighted by Gasteiger charge is -2.11. The molecule has 20 heteroatoms. The number of rotatable bonds is 4. The SMILES string of the molecule is N#CC(C#N)=c1nc(-c2cc(F)c(OC(F)(F)F)c(F)c2)/c(=c2\oc(=C(C#N)C#N)nc2-c2cc(F)c(OC(F)(F)F)c(F)c2)o1. The normalized spacial score (nSPS) is 12.0. The topological polar surface area (TPSA) is 166 Å². The maximum absolute atomic E-state index is 14.6. The molecule has 46 heavy (non-hydrogen) atoms. The first-order valence-corrected chi connectivity index (χ1v) is 11.4. The van der Waals surface area contributed by atoms with Gasteiger partial charge < -0.3 is 18.3 Å². The highest BCUT2D eigenvalue weighted by molar-refractivity contribution is 5.72. The number of halogens is 10. The van der Waals surface area contributed by atoms with Gasteiger partial charge in [-0.15, -0.1) is 26.3 Å². The van der Waals surface area contributed by atoms with E-state index in [1.54, 1.807) is 0 Å². The number of hydrogen-bond donors (Lipinski definition) is 0. The van der Waals surface area contributed by atoms with Crippen molar-refractivity contribution in [3.63, 3.8) is 0 Å². The third kappa shape index (κ3) is 6.51. The number of oxazole rings is 2. The molecule has 0 spiro atoms. The van der Waals surface area contributed by atoms with Crippen molar-refractivity contribution in [3.8, 4) is 58.3 Å².